The summed E-state index contributed by atoms with van der Waals surface area (Å²) in [6.07, 6.45) is 3.77. The summed E-state index contributed by atoms with van der Waals surface area (Å²) in [5, 5.41) is 2.90. The molecule has 116 valence electrons. The quantitative estimate of drug-likeness (QED) is 0.891. The molecule has 0 spiro atoms. The molecule has 2 aromatic rings. The maximum Gasteiger partial charge on any atom is 0.224 e. The average Bonchev–Trinajstić information content (AvgIpc) is 2.54. The molecule has 0 aliphatic heterocycles. The number of methoxy groups -OCH3 is 1. The van der Waals surface area contributed by atoms with Crippen LogP contribution in [0, 0.1) is 0 Å². The molecule has 0 saturated heterocycles. The van der Waals surface area contributed by atoms with Crippen LogP contribution >= 0.6 is 0 Å². The third kappa shape index (κ3) is 4.32. The van der Waals surface area contributed by atoms with E-state index in [4.69, 9.17) is 4.74 Å². The number of amides is 1. The minimum Gasteiger partial charge on any atom is -0.496 e. The number of carbonyl (C=O) groups excluding carboxylic acids is 1. The smallest absolute Gasteiger partial charge is 0.224 e. The van der Waals surface area contributed by atoms with Crippen molar-refractivity contribution in [2.45, 2.75) is 32.7 Å². The highest BCUT2D eigenvalue weighted by atomic mass is 16.5. The van der Waals surface area contributed by atoms with Crippen molar-refractivity contribution in [3.05, 3.63) is 59.4 Å². The van der Waals surface area contributed by atoms with Gasteiger partial charge in [-0.25, -0.2) is 0 Å². The molecule has 0 radical (unpaired) electrons. The monoisotopic (exact) mass is 298 g/mol. The third-order valence-electron chi connectivity index (χ3n) is 3.54. The molecule has 1 amide bonds. The molecule has 0 aliphatic carbocycles. The van der Waals surface area contributed by atoms with E-state index in [0.717, 1.165) is 16.9 Å². The summed E-state index contributed by atoms with van der Waals surface area (Å²) in [5.41, 5.74) is 3.09. The highest BCUT2D eigenvalue weighted by Gasteiger charge is 2.10. The summed E-state index contributed by atoms with van der Waals surface area (Å²) in [4.78, 5) is 16.1. The molecule has 1 aromatic heterocycles. The highest BCUT2D eigenvalue weighted by molar-refractivity contribution is 5.79. The van der Waals surface area contributed by atoms with E-state index in [0.29, 0.717) is 18.9 Å². The van der Waals surface area contributed by atoms with Crippen LogP contribution in [0.1, 0.15) is 36.5 Å². The lowest BCUT2D eigenvalue weighted by molar-refractivity contribution is -0.120. The molecule has 0 atom stereocenters. The Bertz CT molecular complexity index is 624. The SMILES string of the molecule is COc1cc(C(C)C)ccc1CC(=O)NCc1cccnc1. The molecule has 4 heteroatoms. The number of ether oxygens (including phenoxy) is 1. The first-order chi connectivity index (χ1) is 10.6. The Balaban J connectivity index is 1.99. The van der Waals surface area contributed by atoms with E-state index < -0.39 is 0 Å². The van der Waals surface area contributed by atoms with Crippen LogP contribution in [0.4, 0.5) is 0 Å². The standard InChI is InChI=1S/C18H22N2O2/c1-13(2)15-6-7-16(17(9-15)22-3)10-18(21)20-12-14-5-4-8-19-11-14/h4-9,11,13H,10,12H2,1-3H3,(H,20,21). The fraction of sp³-hybridized carbons (Fsp3) is 0.333. The molecule has 4 nitrogen and oxygen atoms in total. The van der Waals surface area contributed by atoms with Crippen molar-refractivity contribution in [2.75, 3.05) is 7.11 Å². The number of rotatable bonds is 6. The van der Waals surface area contributed by atoms with E-state index in [2.05, 4.69) is 30.2 Å². The zero-order chi connectivity index (χ0) is 15.9. The van der Waals surface area contributed by atoms with Gasteiger partial charge in [-0.1, -0.05) is 32.0 Å². The largest absolute Gasteiger partial charge is 0.496 e. The molecule has 0 fully saturated rings. The van der Waals surface area contributed by atoms with Crippen molar-refractivity contribution in [3.8, 4) is 5.75 Å². The number of hydrogen-bond donors (Lipinski definition) is 1. The molecule has 1 heterocycles. The van der Waals surface area contributed by atoms with Crippen molar-refractivity contribution in [1.29, 1.82) is 0 Å². The second-order valence-electron chi connectivity index (χ2n) is 5.54. The van der Waals surface area contributed by atoms with Gasteiger partial charge in [-0.3, -0.25) is 9.78 Å². The van der Waals surface area contributed by atoms with Gasteiger partial charge in [0.25, 0.3) is 0 Å². The molecule has 0 aliphatic rings. The third-order valence-corrected chi connectivity index (χ3v) is 3.54. The van der Waals surface area contributed by atoms with Gasteiger partial charge in [0.2, 0.25) is 5.91 Å². The minimum absolute atomic E-state index is 0.0283. The Morgan fingerprint density at radius 2 is 2.14 bits per heavy atom. The predicted octanol–water partition coefficient (Wildman–Crippen LogP) is 3.07. The summed E-state index contributed by atoms with van der Waals surface area (Å²) in [5.74, 6) is 1.17. The maximum atomic E-state index is 12.1. The van der Waals surface area contributed by atoms with Crippen LogP contribution in [0.15, 0.2) is 42.7 Å². The first kappa shape index (κ1) is 16.0. The maximum absolute atomic E-state index is 12.1. The summed E-state index contributed by atoms with van der Waals surface area (Å²) in [7, 11) is 1.64. The number of nitrogens with zero attached hydrogens (tertiary/aromatic N) is 1. The average molecular weight is 298 g/mol. The second kappa shape index (κ2) is 7.59. The van der Waals surface area contributed by atoms with Crippen LogP contribution in [-0.2, 0) is 17.8 Å². The van der Waals surface area contributed by atoms with Crippen LogP contribution in [-0.4, -0.2) is 18.0 Å². The van der Waals surface area contributed by atoms with Gasteiger partial charge in [-0.05, 0) is 29.2 Å². The number of benzene rings is 1. The Labute approximate surface area is 131 Å². The van der Waals surface area contributed by atoms with Gasteiger partial charge in [0, 0.05) is 24.5 Å². The number of pyridine rings is 1. The number of hydrogen-bond acceptors (Lipinski definition) is 3. The van der Waals surface area contributed by atoms with E-state index in [1.54, 1.807) is 19.5 Å². The normalized spacial score (nSPS) is 10.5. The van der Waals surface area contributed by atoms with Gasteiger partial charge in [0.05, 0.1) is 13.5 Å². The zero-order valence-electron chi connectivity index (χ0n) is 13.3. The first-order valence-corrected chi connectivity index (χ1v) is 7.42. The number of carbonyl (C=O) groups is 1. The van der Waals surface area contributed by atoms with Crippen LogP contribution in [0.3, 0.4) is 0 Å². The molecule has 1 aromatic carbocycles. The molecule has 0 bridgehead atoms. The molecular weight excluding hydrogens is 276 g/mol. The lowest BCUT2D eigenvalue weighted by Gasteiger charge is -2.12. The van der Waals surface area contributed by atoms with Crippen molar-refractivity contribution >= 4 is 5.91 Å². The Kier molecular flexibility index (Phi) is 5.53. The minimum atomic E-state index is -0.0283. The fourth-order valence-electron chi connectivity index (χ4n) is 2.21. The topological polar surface area (TPSA) is 51.2 Å². The van der Waals surface area contributed by atoms with E-state index >= 15 is 0 Å². The molecule has 1 N–H and O–H groups in total. The molecule has 0 unspecified atom stereocenters. The van der Waals surface area contributed by atoms with Crippen LogP contribution in [0.2, 0.25) is 0 Å². The summed E-state index contributed by atoms with van der Waals surface area (Å²) in [6, 6.07) is 9.82. The van der Waals surface area contributed by atoms with Crippen molar-refractivity contribution < 1.29 is 9.53 Å². The molecular formula is C18H22N2O2. The lowest BCUT2D eigenvalue weighted by Crippen LogP contribution is -2.24. The van der Waals surface area contributed by atoms with E-state index in [-0.39, 0.29) is 5.91 Å². The van der Waals surface area contributed by atoms with Gasteiger partial charge in [-0.15, -0.1) is 0 Å². The van der Waals surface area contributed by atoms with E-state index in [9.17, 15) is 4.79 Å². The Morgan fingerprint density at radius 3 is 2.77 bits per heavy atom. The number of nitrogens with one attached hydrogen (secondary N) is 1. The van der Waals surface area contributed by atoms with Crippen molar-refractivity contribution in [2.24, 2.45) is 0 Å². The van der Waals surface area contributed by atoms with Gasteiger partial charge in [0.1, 0.15) is 5.75 Å². The van der Waals surface area contributed by atoms with Gasteiger partial charge < -0.3 is 10.1 Å². The molecule has 0 saturated carbocycles. The molecule has 22 heavy (non-hydrogen) atoms. The van der Waals surface area contributed by atoms with Gasteiger partial charge in [-0.2, -0.15) is 0 Å². The van der Waals surface area contributed by atoms with E-state index in [1.165, 1.54) is 5.56 Å². The second-order valence-corrected chi connectivity index (χ2v) is 5.54. The van der Waals surface area contributed by atoms with Gasteiger partial charge >= 0.3 is 0 Å². The van der Waals surface area contributed by atoms with Gasteiger partial charge in [0.15, 0.2) is 0 Å². The summed E-state index contributed by atoms with van der Waals surface area (Å²) < 4.78 is 5.41. The summed E-state index contributed by atoms with van der Waals surface area (Å²) >= 11 is 0. The molecule has 2 rings (SSSR count). The van der Waals surface area contributed by atoms with Crippen molar-refractivity contribution in [1.82, 2.24) is 10.3 Å². The lowest BCUT2D eigenvalue weighted by atomic mass is 9.99. The Hall–Kier alpha value is -2.36. The zero-order valence-corrected chi connectivity index (χ0v) is 13.3. The predicted molar refractivity (Wildman–Crippen MR) is 86.9 cm³/mol. The van der Waals surface area contributed by atoms with Crippen LogP contribution in [0.5, 0.6) is 5.75 Å². The van der Waals surface area contributed by atoms with Crippen LogP contribution in [0.25, 0.3) is 0 Å². The summed E-state index contributed by atoms with van der Waals surface area (Å²) in [6.45, 7) is 4.75. The first-order valence-electron chi connectivity index (χ1n) is 7.42. The van der Waals surface area contributed by atoms with Crippen LogP contribution < -0.4 is 10.1 Å². The fourth-order valence-corrected chi connectivity index (χ4v) is 2.21. The Morgan fingerprint density at radius 1 is 1.32 bits per heavy atom. The number of aromatic nitrogens is 1. The van der Waals surface area contributed by atoms with Crippen molar-refractivity contribution in [3.63, 3.8) is 0 Å². The van der Waals surface area contributed by atoms with E-state index in [1.807, 2.05) is 24.3 Å². The highest BCUT2D eigenvalue weighted by Crippen LogP contribution is 2.25.